The minimum Gasteiger partial charge on any atom is -0.493 e. The average molecular weight is 382 g/mol. The quantitative estimate of drug-likeness (QED) is 0.645. The maximum Gasteiger partial charge on any atom is 0.277 e. The highest BCUT2D eigenvalue weighted by molar-refractivity contribution is 8.00. The molecular formula is C20H18N2O4S. The Labute approximate surface area is 160 Å². The van der Waals surface area contributed by atoms with Gasteiger partial charge in [0.25, 0.3) is 5.22 Å². The maximum absolute atomic E-state index is 12.8. The summed E-state index contributed by atoms with van der Waals surface area (Å²) in [5, 5.41) is 8.30. The van der Waals surface area contributed by atoms with Crippen molar-refractivity contribution in [3.05, 3.63) is 65.0 Å². The van der Waals surface area contributed by atoms with Crippen LogP contribution < -0.4 is 9.47 Å². The van der Waals surface area contributed by atoms with E-state index in [2.05, 4.69) is 10.2 Å². The molecule has 4 rings (SSSR count). The lowest BCUT2D eigenvalue weighted by Gasteiger charge is -2.09. The fourth-order valence-electron chi connectivity index (χ4n) is 3.13. The van der Waals surface area contributed by atoms with Crippen LogP contribution in [0.1, 0.15) is 27.4 Å². The topological polar surface area (TPSA) is 74.5 Å². The first-order chi connectivity index (χ1) is 13.2. The van der Waals surface area contributed by atoms with Gasteiger partial charge in [-0.05, 0) is 29.7 Å². The van der Waals surface area contributed by atoms with Gasteiger partial charge in [-0.25, -0.2) is 0 Å². The SMILES string of the molecule is COc1cc2c(cc1OC)C(=O)C(Sc1nnc(Cc3ccccc3)o1)C2. The van der Waals surface area contributed by atoms with Crippen LogP contribution in [0.25, 0.3) is 0 Å². The Bertz CT molecular complexity index is 971. The molecule has 0 radical (unpaired) electrons. The summed E-state index contributed by atoms with van der Waals surface area (Å²) in [6, 6.07) is 13.5. The van der Waals surface area contributed by atoms with E-state index in [9.17, 15) is 4.79 Å². The number of ether oxygens (including phenoxy) is 2. The molecule has 2 aromatic carbocycles. The van der Waals surface area contributed by atoms with Gasteiger partial charge in [-0.1, -0.05) is 42.1 Å². The molecule has 0 N–H and O–H groups in total. The molecule has 0 amide bonds. The molecule has 0 bridgehead atoms. The third kappa shape index (κ3) is 3.55. The lowest BCUT2D eigenvalue weighted by molar-refractivity contribution is 0.0999. The van der Waals surface area contributed by atoms with Crippen LogP contribution >= 0.6 is 11.8 Å². The molecule has 0 aliphatic heterocycles. The highest BCUT2D eigenvalue weighted by atomic mass is 32.2. The molecule has 7 heteroatoms. The third-order valence-electron chi connectivity index (χ3n) is 4.46. The Balaban J connectivity index is 1.48. The zero-order valence-electron chi connectivity index (χ0n) is 15.0. The van der Waals surface area contributed by atoms with Gasteiger partial charge in [0.1, 0.15) is 0 Å². The highest BCUT2D eigenvalue weighted by Crippen LogP contribution is 2.39. The van der Waals surface area contributed by atoms with Crippen molar-refractivity contribution >= 4 is 17.5 Å². The molecule has 138 valence electrons. The number of aromatic nitrogens is 2. The Kier molecular flexibility index (Phi) is 4.85. The van der Waals surface area contributed by atoms with Crippen molar-refractivity contribution in [2.24, 2.45) is 0 Å². The molecule has 1 aliphatic rings. The van der Waals surface area contributed by atoms with Crippen LogP contribution in [0, 0.1) is 0 Å². The summed E-state index contributed by atoms with van der Waals surface area (Å²) in [6.45, 7) is 0. The molecule has 1 unspecified atom stereocenters. The number of benzene rings is 2. The van der Waals surface area contributed by atoms with Gasteiger partial charge in [0, 0.05) is 5.56 Å². The number of ketones is 1. The van der Waals surface area contributed by atoms with E-state index in [4.69, 9.17) is 13.9 Å². The summed E-state index contributed by atoms with van der Waals surface area (Å²) >= 11 is 1.30. The second kappa shape index (κ2) is 7.44. The molecule has 1 heterocycles. The summed E-state index contributed by atoms with van der Waals surface area (Å²) in [5.41, 5.74) is 2.70. The van der Waals surface area contributed by atoms with E-state index in [1.54, 1.807) is 20.3 Å². The zero-order valence-corrected chi connectivity index (χ0v) is 15.8. The van der Waals surface area contributed by atoms with Crippen molar-refractivity contribution < 1.29 is 18.7 Å². The Morgan fingerprint density at radius 1 is 1.11 bits per heavy atom. The van der Waals surface area contributed by atoms with Gasteiger partial charge in [-0.2, -0.15) is 0 Å². The van der Waals surface area contributed by atoms with Crippen LogP contribution in [-0.4, -0.2) is 35.5 Å². The van der Waals surface area contributed by atoms with Gasteiger partial charge in [-0.15, -0.1) is 10.2 Å². The predicted octanol–water partition coefficient (Wildman–Crippen LogP) is 3.58. The molecule has 1 aromatic heterocycles. The van der Waals surface area contributed by atoms with E-state index in [1.165, 1.54) is 11.8 Å². The summed E-state index contributed by atoms with van der Waals surface area (Å²) in [4.78, 5) is 12.8. The summed E-state index contributed by atoms with van der Waals surface area (Å²) in [7, 11) is 3.14. The maximum atomic E-state index is 12.8. The first-order valence-electron chi connectivity index (χ1n) is 8.50. The molecule has 0 saturated heterocycles. The van der Waals surface area contributed by atoms with E-state index in [-0.39, 0.29) is 11.0 Å². The molecular weight excluding hydrogens is 364 g/mol. The average Bonchev–Trinajstić information content (AvgIpc) is 3.26. The highest BCUT2D eigenvalue weighted by Gasteiger charge is 2.34. The smallest absolute Gasteiger partial charge is 0.277 e. The number of methoxy groups -OCH3 is 2. The van der Waals surface area contributed by atoms with Crippen LogP contribution in [0.4, 0.5) is 0 Å². The van der Waals surface area contributed by atoms with Crippen molar-refractivity contribution in [3.8, 4) is 11.5 Å². The van der Waals surface area contributed by atoms with Crippen molar-refractivity contribution in [1.82, 2.24) is 10.2 Å². The Morgan fingerprint density at radius 3 is 2.59 bits per heavy atom. The molecule has 1 atom stereocenters. The van der Waals surface area contributed by atoms with Gasteiger partial charge < -0.3 is 13.9 Å². The molecule has 6 nitrogen and oxygen atoms in total. The lowest BCUT2D eigenvalue weighted by atomic mass is 10.1. The monoisotopic (exact) mass is 382 g/mol. The van der Waals surface area contributed by atoms with Crippen molar-refractivity contribution in [1.29, 1.82) is 0 Å². The van der Waals surface area contributed by atoms with Crippen molar-refractivity contribution in [2.45, 2.75) is 23.3 Å². The van der Waals surface area contributed by atoms with E-state index in [1.807, 2.05) is 36.4 Å². The molecule has 0 saturated carbocycles. The zero-order chi connectivity index (χ0) is 18.8. The number of hydrogen-bond acceptors (Lipinski definition) is 7. The number of thioether (sulfide) groups is 1. The lowest BCUT2D eigenvalue weighted by Crippen LogP contribution is -2.11. The van der Waals surface area contributed by atoms with Gasteiger partial charge in [0.2, 0.25) is 5.89 Å². The Morgan fingerprint density at radius 2 is 1.85 bits per heavy atom. The van der Waals surface area contributed by atoms with Gasteiger partial charge in [-0.3, -0.25) is 4.79 Å². The summed E-state index contributed by atoms with van der Waals surface area (Å²) < 4.78 is 16.4. The van der Waals surface area contributed by atoms with Crippen LogP contribution in [0.2, 0.25) is 0 Å². The standard InChI is InChI=1S/C20H18N2O4S/c1-24-15-9-13-10-17(19(23)14(13)11-16(15)25-2)27-20-22-21-18(26-20)8-12-6-4-3-5-7-12/h3-7,9,11,17H,8,10H2,1-2H3. The van der Waals surface area contributed by atoms with Crippen LogP contribution in [-0.2, 0) is 12.8 Å². The minimum atomic E-state index is -0.290. The van der Waals surface area contributed by atoms with E-state index < -0.39 is 0 Å². The van der Waals surface area contributed by atoms with Gasteiger partial charge in [0.05, 0.1) is 25.9 Å². The first kappa shape index (κ1) is 17.6. The molecule has 3 aromatic rings. The third-order valence-corrected chi connectivity index (χ3v) is 5.49. The minimum absolute atomic E-state index is 0.0405. The van der Waals surface area contributed by atoms with Gasteiger partial charge in [0.15, 0.2) is 17.3 Å². The number of nitrogens with zero attached hydrogens (tertiary/aromatic N) is 2. The van der Waals surface area contributed by atoms with E-state index in [0.717, 1.165) is 11.1 Å². The predicted molar refractivity (Wildman–Crippen MR) is 101 cm³/mol. The fraction of sp³-hybridized carbons (Fsp3) is 0.250. The normalized spacial score (nSPS) is 15.6. The molecule has 27 heavy (non-hydrogen) atoms. The first-order valence-corrected chi connectivity index (χ1v) is 9.38. The number of carbonyl (C=O) groups excluding carboxylic acids is 1. The molecule has 0 fully saturated rings. The summed E-state index contributed by atoms with van der Waals surface area (Å²) in [5.74, 6) is 1.75. The number of rotatable bonds is 6. The fourth-order valence-corrected chi connectivity index (χ4v) is 4.10. The number of hydrogen-bond donors (Lipinski definition) is 0. The van der Waals surface area contributed by atoms with Gasteiger partial charge >= 0.3 is 0 Å². The number of fused-ring (bicyclic) bond motifs is 1. The van der Waals surface area contributed by atoms with Crippen LogP contribution in [0.3, 0.4) is 0 Å². The molecule has 0 spiro atoms. The largest absolute Gasteiger partial charge is 0.493 e. The summed E-state index contributed by atoms with van der Waals surface area (Å²) in [6.07, 6.45) is 1.16. The number of Topliss-reactive ketones (excluding diaryl/α,β-unsaturated/α-hetero) is 1. The van der Waals surface area contributed by atoms with Crippen LogP contribution in [0.5, 0.6) is 11.5 Å². The van der Waals surface area contributed by atoms with Crippen molar-refractivity contribution in [3.63, 3.8) is 0 Å². The van der Waals surface area contributed by atoms with E-state index >= 15 is 0 Å². The van der Waals surface area contributed by atoms with E-state index in [0.29, 0.717) is 41.0 Å². The number of carbonyl (C=O) groups is 1. The Hall–Kier alpha value is -2.80. The second-order valence-corrected chi connectivity index (χ2v) is 7.32. The molecule has 1 aliphatic carbocycles. The van der Waals surface area contributed by atoms with Crippen molar-refractivity contribution in [2.75, 3.05) is 14.2 Å². The van der Waals surface area contributed by atoms with Crippen LogP contribution in [0.15, 0.2) is 52.1 Å². The second-order valence-electron chi connectivity index (χ2n) is 6.16.